The van der Waals surface area contributed by atoms with Crippen LogP contribution in [-0.4, -0.2) is 7.11 Å². The maximum absolute atomic E-state index is 8.68. The SMILES string of the molecule is COc1cc(C)ccc1C(C)Nc1ccc(CC#N)cc1. The van der Waals surface area contributed by atoms with E-state index in [-0.39, 0.29) is 6.04 Å². The summed E-state index contributed by atoms with van der Waals surface area (Å²) in [6, 6.07) is 16.5. The molecule has 108 valence electrons. The van der Waals surface area contributed by atoms with Gasteiger partial charge < -0.3 is 10.1 Å². The first-order chi connectivity index (χ1) is 10.1. The molecule has 3 heteroatoms. The molecule has 21 heavy (non-hydrogen) atoms. The molecule has 0 aliphatic heterocycles. The van der Waals surface area contributed by atoms with Gasteiger partial charge in [0.2, 0.25) is 0 Å². The highest BCUT2D eigenvalue weighted by Crippen LogP contribution is 2.28. The minimum atomic E-state index is 0.141. The van der Waals surface area contributed by atoms with Gasteiger partial charge in [0, 0.05) is 11.3 Å². The molecule has 0 aromatic heterocycles. The third kappa shape index (κ3) is 3.76. The molecule has 0 fully saturated rings. The second-order valence-electron chi connectivity index (χ2n) is 5.14. The van der Waals surface area contributed by atoms with Crippen LogP contribution in [0.5, 0.6) is 5.75 Å². The van der Waals surface area contributed by atoms with Crippen molar-refractivity contribution in [2.24, 2.45) is 0 Å². The maximum atomic E-state index is 8.68. The largest absolute Gasteiger partial charge is 0.496 e. The molecule has 0 bridgehead atoms. The molecule has 2 rings (SSSR count). The number of nitrogens with zero attached hydrogens (tertiary/aromatic N) is 1. The highest BCUT2D eigenvalue weighted by atomic mass is 16.5. The Morgan fingerprint density at radius 1 is 1.19 bits per heavy atom. The monoisotopic (exact) mass is 280 g/mol. The van der Waals surface area contributed by atoms with E-state index < -0.39 is 0 Å². The smallest absolute Gasteiger partial charge is 0.124 e. The summed E-state index contributed by atoms with van der Waals surface area (Å²) in [7, 11) is 1.70. The first-order valence-corrected chi connectivity index (χ1v) is 7.01. The highest BCUT2D eigenvalue weighted by Gasteiger charge is 2.11. The van der Waals surface area contributed by atoms with Crippen molar-refractivity contribution >= 4 is 5.69 Å². The Kier molecular flexibility index (Phi) is 4.84. The molecular weight excluding hydrogens is 260 g/mol. The lowest BCUT2D eigenvalue weighted by Crippen LogP contribution is -2.08. The van der Waals surface area contributed by atoms with E-state index in [0.29, 0.717) is 6.42 Å². The van der Waals surface area contributed by atoms with Gasteiger partial charge in [0.1, 0.15) is 5.75 Å². The maximum Gasteiger partial charge on any atom is 0.124 e. The average Bonchev–Trinajstić information content (AvgIpc) is 2.49. The molecule has 0 aliphatic carbocycles. The fourth-order valence-corrected chi connectivity index (χ4v) is 2.31. The minimum absolute atomic E-state index is 0.141. The first kappa shape index (κ1) is 14.9. The number of aryl methyl sites for hydroxylation is 1. The number of benzene rings is 2. The van der Waals surface area contributed by atoms with Crippen LogP contribution in [0.3, 0.4) is 0 Å². The Morgan fingerprint density at radius 2 is 1.90 bits per heavy atom. The Balaban J connectivity index is 2.14. The van der Waals surface area contributed by atoms with E-state index in [9.17, 15) is 0 Å². The topological polar surface area (TPSA) is 45.0 Å². The molecule has 0 heterocycles. The zero-order valence-electron chi connectivity index (χ0n) is 12.7. The molecule has 0 saturated heterocycles. The zero-order valence-corrected chi connectivity index (χ0v) is 12.7. The van der Waals surface area contributed by atoms with Gasteiger partial charge in [0.25, 0.3) is 0 Å². The molecule has 0 radical (unpaired) electrons. The number of nitrogens with one attached hydrogen (secondary N) is 1. The van der Waals surface area contributed by atoms with Gasteiger partial charge in [-0.2, -0.15) is 5.26 Å². The van der Waals surface area contributed by atoms with E-state index in [4.69, 9.17) is 10.00 Å². The first-order valence-electron chi connectivity index (χ1n) is 7.01. The van der Waals surface area contributed by atoms with Crippen molar-refractivity contribution < 1.29 is 4.74 Å². The summed E-state index contributed by atoms with van der Waals surface area (Å²) in [6.07, 6.45) is 0.446. The Labute approximate surface area is 126 Å². The molecule has 2 aromatic carbocycles. The molecule has 0 saturated carbocycles. The quantitative estimate of drug-likeness (QED) is 0.890. The lowest BCUT2D eigenvalue weighted by atomic mass is 10.0. The molecular formula is C18H20N2O. The van der Waals surface area contributed by atoms with Gasteiger partial charge in [0.05, 0.1) is 25.6 Å². The summed E-state index contributed by atoms with van der Waals surface area (Å²) in [5, 5.41) is 12.1. The molecule has 1 N–H and O–H groups in total. The lowest BCUT2D eigenvalue weighted by molar-refractivity contribution is 0.407. The molecule has 1 unspecified atom stereocenters. The van der Waals surface area contributed by atoms with E-state index in [0.717, 1.165) is 22.6 Å². The lowest BCUT2D eigenvalue weighted by Gasteiger charge is -2.19. The second kappa shape index (κ2) is 6.81. The van der Waals surface area contributed by atoms with Crippen molar-refractivity contribution in [2.45, 2.75) is 26.3 Å². The summed E-state index contributed by atoms with van der Waals surface area (Å²) < 4.78 is 5.46. The number of hydrogen-bond donors (Lipinski definition) is 1. The average molecular weight is 280 g/mol. The van der Waals surface area contributed by atoms with Gasteiger partial charge in [-0.3, -0.25) is 0 Å². The van der Waals surface area contributed by atoms with Gasteiger partial charge in [-0.05, 0) is 43.2 Å². The minimum Gasteiger partial charge on any atom is -0.496 e. The molecule has 3 nitrogen and oxygen atoms in total. The fourth-order valence-electron chi connectivity index (χ4n) is 2.31. The van der Waals surface area contributed by atoms with Crippen molar-refractivity contribution in [3.8, 4) is 11.8 Å². The van der Waals surface area contributed by atoms with Crippen LogP contribution in [0, 0.1) is 18.3 Å². The third-order valence-corrected chi connectivity index (χ3v) is 3.48. The van der Waals surface area contributed by atoms with Crippen molar-refractivity contribution in [2.75, 3.05) is 12.4 Å². The van der Waals surface area contributed by atoms with Crippen LogP contribution in [0.1, 0.15) is 29.7 Å². The van der Waals surface area contributed by atoms with Crippen LogP contribution in [0.4, 0.5) is 5.69 Å². The second-order valence-corrected chi connectivity index (χ2v) is 5.14. The molecule has 0 aliphatic rings. The summed E-state index contributed by atoms with van der Waals surface area (Å²) in [5.41, 5.74) is 4.38. The van der Waals surface area contributed by atoms with Crippen LogP contribution < -0.4 is 10.1 Å². The summed E-state index contributed by atoms with van der Waals surface area (Å²) in [6.45, 7) is 4.16. The molecule has 0 spiro atoms. The number of anilines is 1. The van der Waals surface area contributed by atoms with E-state index in [1.54, 1.807) is 7.11 Å². The van der Waals surface area contributed by atoms with E-state index in [1.165, 1.54) is 5.56 Å². The predicted molar refractivity (Wildman–Crippen MR) is 85.5 cm³/mol. The number of nitriles is 1. The van der Waals surface area contributed by atoms with Crippen LogP contribution in [0.2, 0.25) is 0 Å². The van der Waals surface area contributed by atoms with Crippen molar-refractivity contribution in [3.05, 3.63) is 59.2 Å². The Hall–Kier alpha value is -2.47. The molecule has 2 aromatic rings. The predicted octanol–water partition coefficient (Wildman–Crippen LogP) is 4.24. The fraction of sp³-hybridized carbons (Fsp3) is 0.278. The van der Waals surface area contributed by atoms with Gasteiger partial charge >= 0.3 is 0 Å². The van der Waals surface area contributed by atoms with Crippen molar-refractivity contribution in [1.82, 2.24) is 0 Å². The Morgan fingerprint density at radius 3 is 2.52 bits per heavy atom. The van der Waals surface area contributed by atoms with Gasteiger partial charge in [-0.15, -0.1) is 0 Å². The van der Waals surface area contributed by atoms with Crippen LogP contribution >= 0.6 is 0 Å². The third-order valence-electron chi connectivity index (χ3n) is 3.48. The van der Waals surface area contributed by atoms with Crippen LogP contribution in [0.15, 0.2) is 42.5 Å². The Bertz CT molecular complexity index is 641. The summed E-state index contributed by atoms with van der Waals surface area (Å²) in [5.74, 6) is 0.899. The molecule has 0 amide bonds. The zero-order chi connectivity index (χ0) is 15.2. The number of hydrogen-bond acceptors (Lipinski definition) is 3. The van der Waals surface area contributed by atoms with Crippen LogP contribution in [-0.2, 0) is 6.42 Å². The number of methoxy groups -OCH3 is 1. The summed E-state index contributed by atoms with van der Waals surface area (Å²) >= 11 is 0. The van der Waals surface area contributed by atoms with Crippen LogP contribution in [0.25, 0.3) is 0 Å². The number of rotatable bonds is 5. The van der Waals surface area contributed by atoms with E-state index in [2.05, 4.69) is 37.4 Å². The standard InChI is InChI=1S/C18H20N2O/c1-13-4-9-17(18(12-13)21-3)14(2)20-16-7-5-15(6-8-16)10-11-19/h4-9,12,14,20H,10H2,1-3H3. The van der Waals surface area contributed by atoms with Crippen molar-refractivity contribution in [1.29, 1.82) is 5.26 Å². The van der Waals surface area contributed by atoms with Gasteiger partial charge in [0.15, 0.2) is 0 Å². The molecule has 1 atom stereocenters. The van der Waals surface area contributed by atoms with E-state index >= 15 is 0 Å². The van der Waals surface area contributed by atoms with E-state index in [1.807, 2.05) is 30.3 Å². The van der Waals surface area contributed by atoms with Gasteiger partial charge in [-0.25, -0.2) is 0 Å². The highest BCUT2D eigenvalue weighted by molar-refractivity contribution is 5.49. The normalized spacial score (nSPS) is 11.5. The van der Waals surface area contributed by atoms with Gasteiger partial charge in [-0.1, -0.05) is 24.3 Å². The number of ether oxygens (including phenoxy) is 1. The van der Waals surface area contributed by atoms with Crippen molar-refractivity contribution in [3.63, 3.8) is 0 Å². The summed E-state index contributed by atoms with van der Waals surface area (Å²) in [4.78, 5) is 0.